The summed E-state index contributed by atoms with van der Waals surface area (Å²) in [5.41, 5.74) is 0.418. The van der Waals surface area contributed by atoms with E-state index in [1.54, 1.807) is 6.92 Å². The number of imide groups is 1. The second kappa shape index (κ2) is 3.47. The Labute approximate surface area is 111 Å². The van der Waals surface area contributed by atoms with Gasteiger partial charge in [-0.1, -0.05) is 6.58 Å². The zero-order valence-corrected chi connectivity index (χ0v) is 11.0. The van der Waals surface area contributed by atoms with Crippen molar-refractivity contribution >= 4 is 11.8 Å². The van der Waals surface area contributed by atoms with Gasteiger partial charge in [0.05, 0.1) is 12.0 Å². The fraction of sp³-hybridized carbons (Fsp3) is 0.733. The van der Waals surface area contributed by atoms with Crippen LogP contribution in [0.4, 0.5) is 4.39 Å². The van der Waals surface area contributed by atoms with Crippen molar-refractivity contribution in [2.45, 2.75) is 38.4 Å². The van der Waals surface area contributed by atoms with Gasteiger partial charge in [-0.15, -0.1) is 0 Å². The minimum atomic E-state index is -0.696. The Kier molecular flexibility index (Phi) is 2.12. The Morgan fingerprint density at radius 1 is 1.21 bits per heavy atom. The van der Waals surface area contributed by atoms with E-state index < -0.39 is 6.17 Å². The summed E-state index contributed by atoms with van der Waals surface area (Å²) in [6, 6.07) is 0.0493. The first kappa shape index (κ1) is 11.6. The number of carbonyl (C=O) groups excluding carboxylic acids is 2. The van der Waals surface area contributed by atoms with Crippen molar-refractivity contribution in [1.29, 1.82) is 0 Å². The summed E-state index contributed by atoms with van der Waals surface area (Å²) in [4.78, 5) is 25.7. The standard InChI is InChI=1S/C15H18FNO2/c1-6(2)14(18)17-13-11-5-10(12(13)15(17)19)8-3-7(16)4-9(8)11/h7-13H,1,3-5H2,2H3. The quantitative estimate of drug-likeness (QED) is 0.535. The van der Waals surface area contributed by atoms with E-state index in [4.69, 9.17) is 0 Å². The molecule has 0 radical (unpaired) electrons. The van der Waals surface area contributed by atoms with Crippen LogP contribution in [0.1, 0.15) is 26.2 Å². The highest BCUT2D eigenvalue weighted by molar-refractivity contribution is 6.08. The highest BCUT2D eigenvalue weighted by atomic mass is 19.1. The monoisotopic (exact) mass is 263 g/mol. The Morgan fingerprint density at radius 3 is 2.47 bits per heavy atom. The first-order valence-corrected chi connectivity index (χ1v) is 7.17. The molecule has 1 aliphatic heterocycles. The molecule has 102 valence electrons. The predicted molar refractivity (Wildman–Crippen MR) is 66.7 cm³/mol. The average Bonchev–Trinajstić information content (AvgIpc) is 2.95. The number of nitrogens with zero attached hydrogens (tertiary/aromatic N) is 1. The number of β-lactam (4-membered cyclic amide) rings is 1. The molecular formula is C15H18FNO2. The molecule has 0 aromatic rings. The zero-order valence-electron chi connectivity index (χ0n) is 11.0. The van der Waals surface area contributed by atoms with Crippen molar-refractivity contribution in [3.8, 4) is 0 Å². The molecule has 3 nitrogen and oxygen atoms in total. The van der Waals surface area contributed by atoms with Crippen LogP contribution in [-0.2, 0) is 9.59 Å². The molecule has 4 heteroatoms. The fourth-order valence-electron chi connectivity index (χ4n) is 5.36. The number of amides is 2. The summed E-state index contributed by atoms with van der Waals surface area (Å²) in [7, 11) is 0. The van der Waals surface area contributed by atoms with Crippen LogP contribution < -0.4 is 0 Å². The van der Waals surface area contributed by atoms with Crippen molar-refractivity contribution in [2.75, 3.05) is 0 Å². The van der Waals surface area contributed by atoms with E-state index in [9.17, 15) is 14.0 Å². The van der Waals surface area contributed by atoms with Gasteiger partial charge in [-0.25, -0.2) is 4.39 Å². The maximum absolute atomic E-state index is 13.6. The third-order valence-electron chi connectivity index (χ3n) is 5.92. The van der Waals surface area contributed by atoms with Crippen LogP contribution in [0.3, 0.4) is 0 Å². The fourth-order valence-corrected chi connectivity index (χ4v) is 5.36. The molecule has 0 spiro atoms. The van der Waals surface area contributed by atoms with Crippen LogP contribution in [0.5, 0.6) is 0 Å². The molecule has 3 saturated carbocycles. The topological polar surface area (TPSA) is 37.4 Å². The molecule has 4 fully saturated rings. The van der Waals surface area contributed by atoms with Crippen LogP contribution >= 0.6 is 0 Å². The number of hydrogen-bond donors (Lipinski definition) is 0. The molecule has 0 aromatic carbocycles. The molecule has 7 atom stereocenters. The third kappa shape index (κ3) is 1.23. The molecule has 7 unspecified atom stereocenters. The number of likely N-dealkylation sites (tertiary alicyclic amines) is 1. The van der Waals surface area contributed by atoms with Crippen molar-refractivity contribution < 1.29 is 14.0 Å². The van der Waals surface area contributed by atoms with Crippen LogP contribution in [0.25, 0.3) is 0 Å². The lowest BCUT2D eigenvalue weighted by Crippen LogP contribution is -2.67. The normalized spacial score (nSPS) is 49.9. The van der Waals surface area contributed by atoms with Gasteiger partial charge in [-0.3, -0.25) is 14.5 Å². The van der Waals surface area contributed by atoms with Crippen molar-refractivity contribution in [3.05, 3.63) is 12.2 Å². The van der Waals surface area contributed by atoms with Crippen LogP contribution in [-0.4, -0.2) is 28.9 Å². The van der Waals surface area contributed by atoms with E-state index in [1.807, 2.05) is 0 Å². The highest BCUT2D eigenvalue weighted by Gasteiger charge is 2.70. The van der Waals surface area contributed by atoms with Crippen LogP contribution in [0.15, 0.2) is 12.2 Å². The average molecular weight is 263 g/mol. The summed E-state index contributed by atoms with van der Waals surface area (Å²) in [6.45, 7) is 5.29. The van der Waals surface area contributed by atoms with E-state index in [0.717, 1.165) is 6.42 Å². The molecule has 4 aliphatic rings. The van der Waals surface area contributed by atoms with Crippen molar-refractivity contribution in [1.82, 2.24) is 4.90 Å². The summed E-state index contributed by atoms with van der Waals surface area (Å²) >= 11 is 0. The SMILES string of the molecule is C=C(C)C(=O)N1C(=O)C2C3CC(C4CC(F)CC43)C21. The molecule has 0 aromatic heterocycles. The lowest BCUT2D eigenvalue weighted by molar-refractivity contribution is -0.171. The van der Waals surface area contributed by atoms with Gasteiger partial charge in [0.1, 0.15) is 6.17 Å². The van der Waals surface area contributed by atoms with Gasteiger partial charge in [0.2, 0.25) is 5.91 Å². The number of halogens is 1. The van der Waals surface area contributed by atoms with Crippen molar-refractivity contribution in [2.24, 2.45) is 29.6 Å². The molecular weight excluding hydrogens is 245 g/mol. The Morgan fingerprint density at radius 2 is 1.84 bits per heavy atom. The molecule has 4 rings (SSSR count). The van der Waals surface area contributed by atoms with Crippen LogP contribution in [0, 0.1) is 29.6 Å². The number of alkyl halides is 1. The summed E-state index contributed by atoms with van der Waals surface area (Å²) in [6.07, 6.45) is 1.59. The van der Waals surface area contributed by atoms with E-state index in [0.29, 0.717) is 42.1 Å². The summed E-state index contributed by atoms with van der Waals surface area (Å²) in [5, 5.41) is 0. The number of carbonyl (C=O) groups is 2. The summed E-state index contributed by atoms with van der Waals surface area (Å²) < 4.78 is 13.6. The molecule has 1 heterocycles. The molecule has 1 saturated heterocycles. The Balaban J connectivity index is 1.63. The smallest absolute Gasteiger partial charge is 0.255 e. The number of fused-ring (bicyclic) bond motifs is 8. The predicted octanol–water partition coefficient (Wildman–Crippen LogP) is 1.93. The maximum Gasteiger partial charge on any atom is 0.255 e. The maximum atomic E-state index is 13.6. The lowest BCUT2D eigenvalue weighted by atomic mass is 9.67. The lowest BCUT2D eigenvalue weighted by Gasteiger charge is -2.51. The Hall–Kier alpha value is -1.19. The van der Waals surface area contributed by atoms with E-state index in [-0.39, 0.29) is 23.8 Å². The first-order chi connectivity index (χ1) is 9.00. The summed E-state index contributed by atoms with van der Waals surface area (Å²) in [5.74, 6) is 1.21. The van der Waals surface area contributed by atoms with Gasteiger partial charge in [-0.05, 0) is 49.9 Å². The second-order valence-electron chi connectivity index (χ2n) is 6.77. The molecule has 2 amide bonds. The van der Waals surface area contributed by atoms with E-state index in [2.05, 4.69) is 6.58 Å². The van der Waals surface area contributed by atoms with Gasteiger partial charge >= 0.3 is 0 Å². The molecule has 19 heavy (non-hydrogen) atoms. The van der Waals surface area contributed by atoms with Crippen molar-refractivity contribution in [3.63, 3.8) is 0 Å². The van der Waals surface area contributed by atoms with Gasteiger partial charge in [-0.2, -0.15) is 0 Å². The zero-order chi connectivity index (χ0) is 13.5. The largest absolute Gasteiger partial charge is 0.274 e. The minimum absolute atomic E-state index is 0.000139. The van der Waals surface area contributed by atoms with Gasteiger partial charge in [0.15, 0.2) is 0 Å². The number of hydrogen-bond acceptors (Lipinski definition) is 2. The van der Waals surface area contributed by atoms with Crippen LogP contribution in [0.2, 0.25) is 0 Å². The molecule has 0 N–H and O–H groups in total. The first-order valence-electron chi connectivity index (χ1n) is 7.17. The molecule has 2 bridgehead atoms. The minimum Gasteiger partial charge on any atom is -0.274 e. The van der Waals surface area contributed by atoms with E-state index >= 15 is 0 Å². The van der Waals surface area contributed by atoms with Gasteiger partial charge < -0.3 is 0 Å². The third-order valence-corrected chi connectivity index (χ3v) is 5.92. The Bertz CT molecular complexity index is 502. The highest BCUT2D eigenvalue weighted by Crippen LogP contribution is 2.65. The number of rotatable bonds is 1. The molecule has 3 aliphatic carbocycles. The van der Waals surface area contributed by atoms with E-state index in [1.165, 1.54) is 4.90 Å². The second-order valence-corrected chi connectivity index (χ2v) is 6.77. The van der Waals surface area contributed by atoms with Gasteiger partial charge in [0, 0.05) is 5.57 Å². The van der Waals surface area contributed by atoms with Gasteiger partial charge in [0.25, 0.3) is 5.91 Å².